The number of benzene rings is 1. The molecule has 1 saturated heterocycles. The number of amides is 1. The highest BCUT2D eigenvalue weighted by atomic mass is 127. The average Bonchev–Trinajstić information content (AvgIpc) is 3.21. The van der Waals surface area contributed by atoms with Crippen LogP contribution in [-0.4, -0.2) is 60.9 Å². The van der Waals surface area contributed by atoms with Crippen LogP contribution in [-0.2, 0) is 4.79 Å². The van der Waals surface area contributed by atoms with E-state index >= 15 is 0 Å². The molecular formula is C20H29IN4O. The monoisotopic (exact) mass is 468 g/mol. The summed E-state index contributed by atoms with van der Waals surface area (Å²) >= 11 is 0. The molecule has 1 aromatic rings. The lowest BCUT2D eigenvalue weighted by atomic mass is 10.00. The molecule has 0 saturated carbocycles. The lowest BCUT2D eigenvalue weighted by Gasteiger charge is -2.30. The van der Waals surface area contributed by atoms with Crippen molar-refractivity contribution in [3.63, 3.8) is 0 Å². The quantitative estimate of drug-likeness (QED) is 0.420. The Labute approximate surface area is 173 Å². The third kappa shape index (κ3) is 5.46. The molecule has 1 amide bonds. The molecule has 0 atom stereocenters. The van der Waals surface area contributed by atoms with Crippen LogP contribution in [0.2, 0.25) is 0 Å². The third-order valence-electron chi connectivity index (χ3n) is 4.81. The largest absolute Gasteiger partial charge is 0.356 e. The Morgan fingerprint density at radius 1 is 1.12 bits per heavy atom. The van der Waals surface area contributed by atoms with Crippen molar-refractivity contribution < 1.29 is 4.79 Å². The molecule has 0 unspecified atom stereocenters. The highest BCUT2D eigenvalue weighted by molar-refractivity contribution is 14.0. The van der Waals surface area contributed by atoms with E-state index in [9.17, 15) is 4.79 Å². The van der Waals surface area contributed by atoms with E-state index in [1.807, 2.05) is 11.0 Å². The lowest BCUT2D eigenvalue weighted by Crippen LogP contribution is -2.44. The second-order valence-electron chi connectivity index (χ2n) is 6.55. The summed E-state index contributed by atoms with van der Waals surface area (Å²) in [5, 5.41) is 3.33. The van der Waals surface area contributed by atoms with E-state index in [4.69, 9.17) is 0 Å². The molecule has 3 rings (SSSR count). The van der Waals surface area contributed by atoms with E-state index in [-0.39, 0.29) is 36.4 Å². The molecule has 5 nitrogen and oxygen atoms in total. The van der Waals surface area contributed by atoms with Crippen molar-refractivity contribution in [2.24, 2.45) is 4.99 Å². The summed E-state index contributed by atoms with van der Waals surface area (Å²) in [4.78, 5) is 21.0. The van der Waals surface area contributed by atoms with Gasteiger partial charge < -0.3 is 15.1 Å². The maximum absolute atomic E-state index is 12.2. The molecule has 0 bridgehead atoms. The summed E-state index contributed by atoms with van der Waals surface area (Å²) < 4.78 is 0. The van der Waals surface area contributed by atoms with Gasteiger partial charge in [-0.3, -0.25) is 4.79 Å². The molecule has 1 fully saturated rings. The smallest absolute Gasteiger partial charge is 0.244 e. The van der Waals surface area contributed by atoms with Gasteiger partial charge in [-0.15, -0.1) is 24.0 Å². The highest BCUT2D eigenvalue weighted by Gasteiger charge is 2.19. The molecule has 1 N–H and O–H groups in total. The van der Waals surface area contributed by atoms with Crippen molar-refractivity contribution in [3.8, 4) is 0 Å². The van der Waals surface area contributed by atoms with Crippen LogP contribution in [0.25, 0.3) is 5.57 Å². The number of aliphatic imine (C=N–C) groups is 1. The minimum absolute atomic E-state index is 0. The van der Waals surface area contributed by atoms with Gasteiger partial charge in [0.05, 0.1) is 0 Å². The van der Waals surface area contributed by atoms with E-state index in [1.54, 1.807) is 0 Å². The number of nitrogens with zero attached hydrogens (tertiary/aromatic N) is 3. The summed E-state index contributed by atoms with van der Waals surface area (Å²) in [6, 6.07) is 10.5. The standard InChI is InChI=1S/C20H28N4O.HI/c1-2-21-20(22-16-19(25)23-12-6-7-13-23)24-14-10-18(11-15-24)17-8-4-3-5-9-17;/h3-5,8-10H,2,6-7,11-16H2,1H3,(H,21,22);1H. The van der Waals surface area contributed by atoms with Crippen molar-refractivity contribution in [3.05, 3.63) is 42.0 Å². The summed E-state index contributed by atoms with van der Waals surface area (Å²) in [5.74, 6) is 0.990. The van der Waals surface area contributed by atoms with Crippen molar-refractivity contribution in [1.29, 1.82) is 0 Å². The normalized spacial score (nSPS) is 17.6. The minimum Gasteiger partial charge on any atom is -0.356 e. The van der Waals surface area contributed by atoms with Crippen LogP contribution >= 0.6 is 24.0 Å². The van der Waals surface area contributed by atoms with Gasteiger partial charge in [0.15, 0.2) is 5.96 Å². The Morgan fingerprint density at radius 2 is 1.85 bits per heavy atom. The van der Waals surface area contributed by atoms with Gasteiger partial charge in [0.1, 0.15) is 6.54 Å². The second-order valence-corrected chi connectivity index (χ2v) is 6.55. The predicted molar refractivity (Wildman–Crippen MR) is 118 cm³/mol. The number of hydrogen-bond donors (Lipinski definition) is 1. The SMILES string of the molecule is CCNC(=NCC(=O)N1CCCC1)N1CC=C(c2ccccc2)CC1.I. The molecule has 2 aliphatic rings. The van der Waals surface area contributed by atoms with E-state index in [0.717, 1.165) is 57.9 Å². The fourth-order valence-corrected chi connectivity index (χ4v) is 3.41. The topological polar surface area (TPSA) is 47.9 Å². The van der Waals surface area contributed by atoms with E-state index in [1.165, 1.54) is 11.1 Å². The van der Waals surface area contributed by atoms with Crippen LogP contribution < -0.4 is 5.32 Å². The number of guanidine groups is 1. The molecular weight excluding hydrogens is 439 g/mol. The number of carbonyl (C=O) groups is 1. The molecule has 142 valence electrons. The van der Waals surface area contributed by atoms with Crippen LogP contribution in [0.1, 0.15) is 31.7 Å². The van der Waals surface area contributed by atoms with Crippen LogP contribution in [0.4, 0.5) is 0 Å². The van der Waals surface area contributed by atoms with Crippen molar-refractivity contribution in [2.75, 3.05) is 39.3 Å². The second kappa shape index (κ2) is 10.5. The zero-order valence-electron chi connectivity index (χ0n) is 15.5. The van der Waals surface area contributed by atoms with Crippen LogP contribution in [0, 0.1) is 0 Å². The van der Waals surface area contributed by atoms with Crippen molar-refractivity contribution in [1.82, 2.24) is 15.1 Å². The van der Waals surface area contributed by atoms with E-state index in [0.29, 0.717) is 0 Å². The van der Waals surface area contributed by atoms with Gasteiger partial charge in [0, 0.05) is 32.7 Å². The summed E-state index contributed by atoms with van der Waals surface area (Å²) in [6.07, 6.45) is 5.51. The number of halogens is 1. The Balaban J connectivity index is 0.00000243. The number of likely N-dealkylation sites (tertiary alicyclic amines) is 1. The first kappa shape index (κ1) is 20.7. The first-order valence-corrected chi connectivity index (χ1v) is 9.33. The Bertz CT molecular complexity index is 638. The first-order valence-electron chi connectivity index (χ1n) is 9.33. The van der Waals surface area contributed by atoms with E-state index < -0.39 is 0 Å². The molecule has 2 aliphatic heterocycles. The van der Waals surface area contributed by atoms with Crippen LogP contribution in [0.15, 0.2) is 41.4 Å². The van der Waals surface area contributed by atoms with Crippen LogP contribution in [0.3, 0.4) is 0 Å². The van der Waals surface area contributed by atoms with Gasteiger partial charge in [-0.2, -0.15) is 0 Å². The maximum Gasteiger partial charge on any atom is 0.244 e. The maximum atomic E-state index is 12.2. The Kier molecular flexibility index (Phi) is 8.41. The fourth-order valence-electron chi connectivity index (χ4n) is 3.41. The molecule has 0 spiro atoms. The summed E-state index contributed by atoms with van der Waals surface area (Å²) in [5.41, 5.74) is 2.69. The van der Waals surface area contributed by atoms with Crippen molar-refractivity contribution in [2.45, 2.75) is 26.2 Å². The van der Waals surface area contributed by atoms with Gasteiger partial charge in [-0.25, -0.2) is 4.99 Å². The zero-order chi connectivity index (χ0) is 17.5. The molecule has 0 aromatic heterocycles. The number of hydrogen-bond acceptors (Lipinski definition) is 2. The van der Waals surface area contributed by atoms with Crippen molar-refractivity contribution >= 4 is 41.4 Å². The fraction of sp³-hybridized carbons (Fsp3) is 0.500. The highest BCUT2D eigenvalue weighted by Crippen LogP contribution is 2.22. The molecule has 26 heavy (non-hydrogen) atoms. The molecule has 2 heterocycles. The molecule has 6 heteroatoms. The Hall–Kier alpha value is -1.57. The van der Waals surface area contributed by atoms with Gasteiger partial charge in [-0.05, 0) is 37.3 Å². The molecule has 0 radical (unpaired) electrons. The summed E-state index contributed by atoms with van der Waals surface area (Å²) in [7, 11) is 0. The van der Waals surface area contributed by atoms with Gasteiger partial charge in [0.2, 0.25) is 5.91 Å². The van der Waals surface area contributed by atoms with Crippen LogP contribution in [0.5, 0.6) is 0 Å². The Morgan fingerprint density at radius 3 is 2.46 bits per heavy atom. The number of rotatable bonds is 4. The number of carbonyl (C=O) groups excluding carboxylic acids is 1. The number of nitrogens with one attached hydrogen (secondary N) is 1. The third-order valence-corrected chi connectivity index (χ3v) is 4.81. The minimum atomic E-state index is 0. The van der Waals surface area contributed by atoms with E-state index in [2.05, 4.69) is 52.5 Å². The summed E-state index contributed by atoms with van der Waals surface area (Å²) in [6.45, 7) is 6.64. The molecule has 0 aliphatic carbocycles. The van der Waals surface area contributed by atoms with Gasteiger partial charge in [0.25, 0.3) is 0 Å². The average molecular weight is 468 g/mol. The lowest BCUT2D eigenvalue weighted by molar-refractivity contribution is -0.128. The molecule has 1 aromatic carbocycles. The van der Waals surface area contributed by atoms with Gasteiger partial charge in [-0.1, -0.05) is 36.4 Å². The zero-order valence-corrected chi connectivity index (χ0v) is 17.8. The first-order chi connectivity index (χ1) is 12.3. The van der Waals surface area contributed by atoms with Gasteiger partial charge >= 0.3 is 0 Å². The predicted octanol–water partition coefficient (Wildman–Crippen LogP) is 2.98.